The summed E-state index contributed by atoms with van der Waals surface area (Å²) < 4.78 is 4.65. The van der Waals surface area contributed by atoms with E-state index in [1.165, 1.54) is 18.2 Å². The zero-order chi connectivity index (χ0) is 18.8. The van der Waals surface area contributed by atoms with Crippen LogP contribution in [-0.2, 0) is 13.6 Å². The van der Waals surface area contributed by atoms with Crippen LogP contribution in [0.2, 0.25) is 0 Å². The van der Waals surface area contributed by atoms with E-state index in [4.69, 9.17) is 9.97 Å². The largest absolute Gasteiger partial charge is 0.342 e. The van der Waals surface area contributed by atoms with Gasteiger partial charge in [-0.2, -0.15) is 4.98 Å². The van der Waals surface area contributed by atoms with Crippen molar-refractivity contribution in [3.8, 4) is 11.8 Å². The summed E-state index contributed by atoms with van der Waals surface area (Å²) in [5.74, 6) is 6.83. The van der Waals surface area contributed by atoms with Crippen LogP contribution in [0.15, 0.2) is 31.7 Å². The van der Waals surface area contributed by atoms with E-state index in [2.05, 4.69) is 16.7 Å². The SMILES string of the molecule is CC#CCn1c(N2CCCCC2)nc2nc(Sc3cccs3)n(C)c(=O)c21. The second-order valence-corrected chi connectivity index (χ2v) is 8.65. The van der Waals surface area contributed by atoms with Crippen LogP contribution in [0.25, 0.3) is 11.2 Å². The highest BCUT2D eigenvalue weighted by Gasteiger charge is 2.23. The number of hydrogen-bond acceptors (Lipinski definition) is 6. The summed E-state index contributed by atoms with van der Waals surface area (Å²) in [5, 5.41) is 2.68. The second-order valence-electron chi connectivity index (χ2n) is 6.44. The average Bonchev–Trinajstić information content (AvgIpc) is 3.32. The third kappa shape index (κ3) is 3.49. The van der Waals surface area contributed by atoms with Crippen molar-refractivity contribution in [2.24, 2.45) is 7.05 Å². The normalized spacial score (nSPS) is 14.4. The van der Waals surface area contributed by atoms with Crippen LogP contribution in [0.3, 0.4) is 0 Å². The van der Waals surface area contributed by atoms with Gasteiger partial charge in [-0.1, -0.05) is 12.0 Å². The quantitative estimate of drug-likeness (QED) is 0.497. The number of piperidine rings is 1. The monoisotopic (exact) mass is 399 g/mol. The molecule has 0 unspecified atom stereocenters. The number of rotatable bonds is 4. The van der Waals surface area contributed by atoms with Crippen molar-refractivity contribution in [1.82, 2.24) is 19.1 Å². The topological polar surface area (TPSA) is 56.0 Å². The first-order chi connectivity index (χ1) is 13.2. The van der Waals surface area contributed by atoms with Crippen LogP contribution in [0.4, 0.5) is 5.95 Å². The van der Waals surface area contributed by atoms with Crippen molar-refractivity contribution in [3.63, 3.8) is 0 Å². The Morgan fingerprint density at radius 2 is 2.07 bits per heavy atom. The van der Waals surface area contributed by atoms with Gasteiger partial charge in [0.25, 0.3) is 5.56 Å². The molecule has 3 aromatic heterocycles. The standard InChI is InChI=1S/C19H21N5OS2/c1-3-4-12-24-15-16(20-18(24)23-10-6-5-7-11-23)21-19(22(2)17(15)25)27-14-9-8-13-26-14/h8-9,13H,5-7,10-12H2,1-2H3. The van der Waals surface area contributed by atoms with Crippen molar-refractivity contribution < 1.29 is 0 Å². The molecule has 0 aliphatic carbocycles. The molecule has 1 fully saturated rings. The average molecular weight is 400 g/mol. The van der Waals surface area contributed by atoms with Gasteiger partial charge in [0, 0.05) is 20.1 Å². The molecule has 1 saturated heterocycles. The predicted octanol–water partition coefficient (Wildman–Crippen LogP) is 3.36. The molecule has 1 aliphatic heterocycles. The van der Waals surface area contributed by atoms with Crippen molar-refractivity contribution >= 4 is 40.2 Å². The predicted molar refractivity (Wildman–Crippen MR) is 111 cm³/mol. The third-order valence-electron chi connectivity index (χ3n) is 4.66. The Morgan fingerprint density at radius 3 is 2.78 bits per heavy atom. The number of nitrogens with zero attached hydrogens (tertiary/aromatic N) is 5. The highest BCUT2D eigenvalue weighted by Crippen LogP contribution is 2.30. The Morgan fingerprint density at radius 1 is 1.26 bits per heavy atom. The van der Waals surface area contributed by atoms with Crippen LogP contribution in [-0.4, -0.2) is 32.2 Å². The summed E-state index contributed by atoms with van der Waals surface area (Å²) in [7, 11) is 1.77. The fourth-order valence-electron chi connectivity index (χ4n) is 3.28. The molecule has 3 aromatic rings. The van der Waals surface area contributed by atoms with Crippen molar-refractivity contribution in [3.05, 3.63) is 27.9 Å². The van der Waals surface area contributed by atoms with E-state index in [0.29, 0.717) is 22.9 Å². The molecule has 0 N–H and O–H groups in total. The third-order valence-corrected chi connectivity index (χ3v) is 6.75. The van der Waals surface area contributed by atoms with E-state index in [1.54, 1.807) is 23.0 Å². The Bertz CT molecular complexity index is 1070. The molecule has 140 valence electrons. The molecule has 27 heavy (non-hydrogen) atoms. The van der Waals surface area contributed by atoms with Gasteiger partial charge in [0.05, 0.1) is 10.8 Å². The number of hydrogen-bond donors (Lipinski definition) is 0. The summed E-state index contributed by atoms with van der Waals surface area (Å²) >= 11 is 3.13. The number of fused-ring (bicyclic) bond motifs is 1. The summed E-state index contributed by atoms with van der Waals surface area (Å²) in [6, 6.07) is 4.02. The Kier molecular flexibility index (Phi) is 5.23. The number of aromatic nitrogens is 4. The first-order valence-corrected chi connectivity index (χ1v) is 10.7. The number of anilines is 1. The Labute approximate surface area is 166 Å². The van der Waals surface area contributed by atoms with E-state index >= 15 is 0 Å². The van der Waals surface area contributed by atoms with Gasteiger partial charge in [0.1, 0.15) is 0 Å². The van der Waals surface area contributed by atoms with Gasteiger partial charge in [-0.25, -0.2) is 4.98 Å². The van der Waals surface area contributed by atoms with E-state index in [1.807, 2.05) is 29.0 Å². The van der Waals surface area contributed by atoms with Crippen LogP contribution >= 0.6 is 23.1 Å². The number of thiophene rings is 1. The van der Waals surface area contributed by atoms with Crippen molar-refractivity contribution in [1.29, 1.82) is 0 Å². The molecule has 1 aliphatic rings. The molecular weight excluding hydrogens is 378 g/mol. The van der Waals surface area contributed by atoms with E-state index in [-0.39, 0.29) is 5.56 Å². The van der Waals surface area contributed by atoms with Gasteiger partial charge in [-0.15, -0.1) is 17.3 Å². The molecular formula is C19H21N5OS2. The summed E-state index contributed by atoms with van der Waals surface area (Å²) in [4.78, 5) is 24.9. The molecule has 6 nitrogen and oxygen atoms in total. The van der Waals surface area contributed by atoms with Gasteiger partial charge in [0.15, 0.2) is 16.3 Å². The Balaban J connectivity index is 1.86. The van der Waals surface area contributed by atoms with Gasteiger partial charge >= 0.3 is 0 Å². The minimum atomic E-state index is -0.0762. The van der Waals surface area contributed by atoms with E-state index < -0.39 is 0 Å². The lowest BCUT2D eigenvalue weighted by Crippen LogP contribution is -2.32. The Hall–Kier alpha value is -2.24. The smallest absolute Gasteiger partial charge is 0.280 e. The molecule has 0 bridgehead atoms. The second kappa shape index (κ2) is 7.79. The molecule has 4 heterocycles. The number of imidazole rings is 1. The van der Waals surface area contributed by atoms with Crippen LogP contribution in [0.5, 0.6) is 0 Å². The minimum absolute atomic E-state index is 0.0762. The molecule has 4 rings (SSSR count). The summed E-state index contributed by atoms with van der Waals surface area (Å²) in [5.41, 5.74) is 0.972. The van der Waals surface area contributed by atoms with E-state index in [9.17, 15) is 4.79 Å². The van der Waals surface area contributed by atoms with Gasteiger partial charge in [0.2, 0.25) is 5.95 Å². The lowest BCUT2D eigenvalue weighted by molar-refractivity contribution is 0.561. The molecule has 0 spiro atoms. The van der Waals surface area contributed by atoms with Crippen LogP contribution < -0.4 is 10.5 Å². The molecule has 0 saturated carbocycles. The molecule has 8 heteroatoms. The van der Waals surface area contributed by atoms with Crippen LogP contribution in [0, 0.1) is 11.8 Å². The maximum absolute atomic E-state index is 13.1. The highest BCUT2D eigenvalue weighted by molar-refractivity contribution is 8.01. The van der Waals surface area contributed by atoms with Crippen molar-refractivity contribution in [2.45, 2.75) is 42.1 Å². The maximum Gasteiger partial charge on any atom is 0.280 e. The maximum atomic E-state index is 13.1. The fourth-order valence-corrected chi connectivity index (χ4v) is 4.98. The van der Waals surface area contributed by atoms with Crippen molar-refractivity contribution in [2.75, 3.05) is 18.0 Å². The zero-order valence-electron chi connectivity index (χ0n) is 15.4. The van der Waals surface area contributed by atoms with Gasteiger partial charge in [-0.3, -0.25) is 13.9 Å². The fraction of sp³-hybridized carbons (Fsp3) is 0.421. The molecule has 0 aromatic carbocycles. The summed E-state index contributed by atoms with van der Waals surface area (Å²) in [6.45, 7) is 4.18. The van der Waals surface area contributed by atoms with Gasteiger partial charge in [-0.05, 0) is 49.4 Å². The molecule has 0 amide bonds. The molecule has 0 radical (unpaired) electrons. The lowest BCUT2D eigenvalue weighted by Gasteiger charge is -2.27. The van der Waals surface area contributed by atoms with E-state index in [0.717, 1.165) is 36.1 Å². The van der Waals surface area contributed by atoms with Crippen LogP contribution in [0.1, 0.15) is 26.2 Å². The lowest BCUT2D eigenvalue weighted by atomic mass is 10.1. The van der Waals surface area contributed by atoms with Gasteiger partial charge < -0.3 is 4.90 Å². The highest BCUT2D eigenvalue weighted by atomic mass is 32.2. The molecule has 0 atom stereocenters. The summed E-state index contributed by atoms with van der Waals surface area (Å²) in [6.07, 6.45) is 3.54. The first kappa shape index (κ1) is 18.1. The first-order valence-electron chi connectivity index (χ1n) is 9.02. The zero-order valence-corrected chi connectivity index (χ0v) is 17.1. The minimum Gasteiger partial charge on any atom is -0.342 e.